The number of ether oxygens (including phenoxy) is 1. The van der Waals surface area contributed by atoms with Gasteiger partial charge in [-0.3, -0.25) is 9.36 Å². The maximum Gasteiger partial charge on any atom is 0.253 e. The first kappa shape index (κ1) is 20.2. The summed E-state index contributed by atoms with van der Waals surface area (Å²) in [5.41, 5.74) is 2.44. The van der Waals surface area contributed by atoms with E-state index in [1.54, 1.807) is 7.11 Å². The van der Waals surface area contributed by atoms with Crippen molar-refractivity contribution in [2.45, 2.75) is 20.8 Å². The van der Waals surface area contributed by atoms with Crippen LogP contribution < -0.4 is 10.6 Å². The lowest BCUT2D eigenvalue weighted by atomic mass is 10.2. The smallest absolute Gasteiger partial charge is 0.253 e. The zero-order valence-electron chi connectivity index (χ0n) is 14.5. The lowest BCUT2D eigenvalue weighted by molar-refractivity contribution is 0.0953. The first-order chi connectivity index (χ1) is 11.0. The topological polar surface area (TPSA) is 81.3 Å². The number of rotatable bonds is 8. The average Bonchev–Trinajstić information content (AvgIpc) is 3.06. The van der Waals surface area contributed by atoms with Gasteiger partial charge in [0.15, 0.2) is 5.82 Å². The quantitative estimate of drug-likeness (QED) is 0.705. The maximum absolute atomic E-state index is 12.3. The van der Waals surface area contributed by atoms with Crippen LogP contribution >= 0.6 is 12.4 Å². The molecular weight excluding hydrogens is 332 g/mol. The van der Waals surface area contributed by atoms with Gasteiger partial charge in [-0.05, 0) is 26.8 Å². The number of halogens is 1. The second-order valence-electron chi connectivity index (χ2n) is 5.41. The van der Waals surface area contributed by atoms with Gasteiger partial charge in [0.2, 0.25) is 0 Å². The van der Waals surface area contributed by atoms with Gasteiger partial charge in [0.05, 0.1) is 12.2 Å². The molecule has 0 radical (unpaired) electrons. The van der Waals surface area contributed by atoms with Gasteiger partial charge >= 0.3 is 0 Å². The van der Waals surface area contributed by atoms with Gasteiger partial charge < -0.3 is 19.9 Å². The Bertz CT molecular complexity index is 666. The van der Waals surface area contributed by atoms with Crippen molar-refractivity contribution in [3.8, 4) is 5.82 Å². The van der Waals surface area contributed by atoms with E-state index in [0.717, 1.165) is 23.7 Å². The monoisotopic (exact) mass is 356 g/mol. The molecule has 7 nitrogen and oxygen atoms in total. The largest absolute Gasteiger partial charge is 0.383 e. The Balaban J connectivity index is 0.00000288. The molecule has 8 heteroatoms. The molecule has 0 aliphatic carbocycles. The molecule has 2 rings (SSSR count). The van der Waals surface area contributed by atoms with Crippen molar-refractivity contribution in [2.24, 2.45) is 0 Å². The number of hydrogen-bond acceptors (Lipinski definition) is 5. The summed E-state index contributed by atoms with van der Waals surface area (Å²) in [7, 11) is 1.66. The average molecular weight is 357 g/mol. The van der Waals surface area contributed by atoms with Crippen LogP contribution in [0.4, 0.5) is 0 Å². The first-order valence-electron chi connectivity index (χ1n) is 7.65. The van der Waals surface area contributed by atoms with Gasteiger partial charge in [0, 0.05) is 44.2 Å². The first-order valence-corrected chi connectivity index (χ1v) is 7.65. The van der Waals surface area contributed by atoms with Gasteiger partial charge in [0.25, 0.3) is 5.91 Å². The second kappa shape index (κ2) is 9.46. The minimum absolute atomic E-state index is 0. The molecule has 0 aliphatic heterocycles. The number of amides is 1. The van der Waals surface area contributed by atoms with E-state index in [-0.39, 0.29) is 18.3 Å². The van der Waals surface area contributed by atoms with Crippen LogP contribution in [0.5, 0.6) is 0 Å². The van der Waals surface area contributed by atoms with Gasteiger partial charge in [-0.2, -0.15) is 0 Å². The third-order valence-electron chi connectivity index (χ3n) is 3.59. The van der Waals surface area contributed by atoms with Gasteiger partial charge in [-0.1, -0.05) is 5.16 Å². The van der Waals surface area contributed by atoms with E-state index in [1.807, 2.05) is 37.5 Å². The van der Waals surface area contributed by atoms with Crippen LogP contribution in [0.3, 0.4) is 0 Å². The van der Waals surface area contributed by atoms with Crippen molar-refractivity contribution in [1.29, 1.82) is 0 Å². The Morgan fingerprint density at radius 2 is 2.00 bits per heavy atom. The van der Waals surface area contributed by atoms with Crippen molar-refractivity contribution in [3.63, 3.8) is 0 Å². The summed E-state index contributed by atoms with van der Waals surface area (Å²) in [5, 5.41) is 10.1. The van der Waals surface area contributed by atoms with E-state index in [1.165, 1.54) is 0 Å². The third kappa shape index (κ3) is 4.83. The number of nitrogens with zero attached hydrogens (tertiary/aromatic N) is 2. The fourth-order valence-electron chi connectivity index (χ4n) is 2.46. The molecule has 0 fully saturated rings. The van der Waals surface area contributed by atoms with Crippen LogP contribution in [-0.4, -0.2) is 49.0 Å². The van der Waals surface area contributed by atoms with Crippen molar-refractivity contribution in [3.05, 3.63) is 34.8 Å². The zero-order chi connectivity index (χ0) is 16.8. The van der Waals surface area contributed by atoms with Crippen molar-refractivity contribution in [1.82, 2.24) is 20.4 Å². The SMILES string of the molecule is COCCNCCNC(=O)c1cc(C)n(-c2cc(C)on2)c1C.Cl. The minimum Gasteiger partial charge on any atom is -0.383 e. The summed E-state index contributed by atoms with van der Waals surface area (Å²) in [5.74, 6) is 1.34. The third-order valence-corrected chi connectivity index (χ3v) is 3.59. The molecule has 0 saturated carbocycles. The molecule has 0 aliphatic rings. The van der Waals surface area contributed by atoms with Crippen LogP contribution in [0.2, 0.25) is 0 Å². The molecular formula is C16H25ClN4O3. The number of carbonyl (C=O) groups is 1. The van der Waals surface area contributed by atoms with E-state index >= 15 is 0 Å². The number of nitrogens with one attached hydrogen (secondary N) is 2. The summed E-state index contributed by atoms with van der Waals surface area (Å²) in [6.07, 6.45) is 0. The second-order valence-corrected chi connectivity index (χ2v) is 5.41. The maximum atomic E-state index is 12.3. The van der Waals surface area contributed by atoms with Crippen LogP contribution in [0, 0.1) is 20.8 Å². The summed E-state index contributed by atoms with van der Waals surface area (Å²) < 4.78 is 12.0. The molecule has 2 N–H and O–H groups in total. The van der Waals surface area contributed by atoms with E-state index in [0.29, 0.717) is 31.1 Å². The number of methoxy groups -OCH3 is 1. The van der Waals surface area contributed by atoms with Gasteiger partial charge in [-0.15, -0.1) is 12.4 Å². The summed E-state index contributed by atoms with van der Waals surface area (Å²) in [6, 6.07) is 3.72. The normalized spacial score (nSPS) is 10.5. The van der Waals surface area contributed by atoms with Crippen LogP contribution in [0.1, 0.15) is 27.5 Å². The van der Waals surface area contributed by atoms with Crippen LogP contribution in [-0.2, 0) is 4.74 Å². The molecule has 0 bridgehead atoms. The molecule has 0 spiro atoms. The van der Waals surface area contributed by atoms with Crippen LogP contribution in [0.25, 0.3) is 5.82 Å². The summed E-state index contributed by atoms with van der Waals surface area (Å²) in [6.45, 7) is 8.39. The standard InChI is InChI=1S/C16H24N4O3.ClH/c1-11-9-14(16(21)18-6-5-17-7-8-22-4)13(3)20(11)15-10-12(2)23-19-15;/h9-10,17H,5-8H2,1-4H3,(H,18,21);1H. The fourth-order valence-corrected chi connectivity index (χ4v) is 2.46. The minimum atomic E-state index is -0.0851. The molecule has 24 heavy (non-hydrogen) atoms. The Morgan fingerprint density at radius 3 is 2.62 bits per heavy atom. The number of hydrogen-bond donors (Lipinski definition) is 2. The molecule has 0 atom stereocenters. The predicted octanol–water partition coefficient (Wildman–Crippen LogP) is 1.78. The van der Waals surface area contributed by atoms with E-state index in [4.69, 9.17) is 9.26 Å². The van der Waals surface area contributed by atoms with E-state index in [2.05, 4.69) is 15.8 Å². The molecule has 2 aromatic heterocycles. The Kier molecular flexibility index (Phi) is 7.97. The van der Waals surface area contributed by atoms with Crippen molar-refractivity contribution < 1.29 is 14.1 Å². The molecule has 0 unspecified atom stereocenters. The molecule has 0 saturated heterocycles. The number of aryl methyl sites for hydroxylation is 2. The molecule has 2 aromatic rings. The Morgan fingerprint density at radius 1 is 1.25 bits per heavy atom. The lowest BCUT2D eigenvalue weighted by Crippen LogP contribution is -2.33. The lowest BCUT2D eigenvalue weighted by Gasteiger charge is -2.07. The summed E-state index contributed by atoms with van der Waals surface area (Å²) >= 11 is 0. The highest BCUT2D eigenvalue weighted by Gasteiger charge is 2.17. The zero-order valence-corrected chi connectivity index (χ0v) is 15.3. The van der Waals surface area contributed by atoms with Crippen molar-refractivity contribution >= 4 is 18.3 Å². The van der Waals surface area contributed by atoms with E-state index < -0.39 is 0 Å². The number of aromatic nitrogens is 2. The highest BCUT2D eigenvalue weighted by Crippen LogP contribution is 2.20. The molecule has 0 aromatic carbocycles. The van der Waals surface area contributed by atoms with Gasteiger partial charge in [0.1, 0.15) is 5.76 Å². The number of carbonyl (C=O) groups excluding carboxylic acids is 1. The highest BCUT2D eigenvalue weighted by molar-refractivity contribution is 5.95. The van der Waals surface area contributed by atoms with Gasteiger partial charge in [-0.25, -0.2) is 0 Å². The Hall–Kier alpha value is -1.83. The van der Waals surface area contributed by atoms with E-state index in [9.17, 15) is 4.79 Å². The highest BCUT2D eigenvalue weighted by atomic mass is 35.5. The molecule has 2 heterocycles. The summed E-state index contributed by atoms with van der Waals surface area (Å²) in [4.78, 5) is 12.3. The molecule has 134 valence electrons. The molecule has 1 amide bonds. The van der Waals surface area contributed by atoms with Crippen LogP contribution in [0.15, 0.2) is 16.7 Å². The fraction of sp³-hybridized carbons (Fsp3) is 0.500. The predicted molar refractivity (Wildman–Crippen MR) is 94.4 cm³/mol. The Labute approximate surface area is 148 Å². The van der Waals surface area contributed by atoms with Crippen molar-refractivity contribution in [2.75, 3.05) is 33.4 Å².